The molecule has 1 heterocycles. The SMILES string of the molecule is CNC(CN(C)CCC(F)(F)F)c1ccc2c(c1)OCO2. The Morgan fingerprint density at radius 1 is 1.29 bits per heavy atom. The number of fused-ring (bicyclic) bond motifs is 1. The van der Waals surface area contributed by atoms with E-state index in [2.05, 4.69) is 5.32 Å². The lowest BCUT2D eigenvalue weighted by atomic mass is 10.1. The maximum absolute atomic E-state index is 12.2. The van der Waals surface area contributed by atoms with Crippen LogP contribution in [0.2, 0.25) is 0 Å². The summed E-state index contributed by atoms with van der Waals surface area (Å²) >= 11 is 0. The molecular formula is C14H19F3N2O2. The molecule has 1 unspecified atom stereocenters. The second-order valence-corrected chi connectivity index (χ2v) is 5.08. The molecule has 1 N–H and O–H groups in total. The first-order valence-electron chi connectivity index (χ1n) is 6.71. The van der Waals surface area contributed by atoms with E-state index in [4.69, 9.17) is 9.47 Å². The third kappa shape index (κ3) is 4.50. The lowest BCUT2D eigenvalue weighted by Crippen LogP contribution is -2.33. The van der Waals surface area contributed by atoms with Crippen LogP contribution in [0.25, 0.3) is 0 Å². The molecule has 0 aromatic heterocycles. The molecule has 0 spiro atoms. The van der Waals surface area contributed by atoms with E-state index in [1.165, 1.54) is 0 Å². The minimum absolute atomic E-state index is 0.0216. The Hall–Kier alpha value is -1.47. The van der Waals surface area contributed by atoms with Gasteiger partial charge in [0.15, 0.2) is 11.5 Å². The van der Waals surface area contributed by atoms with Crippen LogP contribution in [0.15, 0.2) is 18.2 Å². The van der Waals surface area contributed by atoms with E-state index in [9.17, 15) is 13.2 Å². The van der Waals surface area contributed by atoms with Gasteiger partial charge in [0.25, 0.3) is 0 Å². The Bertz CT molecular complexity index is 480. The summed E-state index contributed by atoms with van der Waals surface area (Å²) in [6.45, 7) is 0.660. The van der Waals surface area contributed by atoms with E-state index >= 15 is 0 Å². The van der Waals surface area contributed by atoms with Crippen molar-refractivity contribution in [1.29, 1.82) is 0 Å². The zero-order valence-corrected chi connectivity index (χ0v) is 12.0. The molecule has 1 atom stereocenters. The fraction of sp³-hybridized carbons (Fsp3) is 0.571. The number of halogens is 3. The zero-order chi connectivity index (χ0) is 15.5. The van der Waals surface area contributed by atoms with Gasteiger partial charge in [-0.05, 0) is 31.8 Å². The number of hydrogen-bond donors (Lipinski definition) is 1. The molecule has 0 bridgehead atoms. The number of rotatable bonds is 6. The maximum Gasteiger partial charge on any atom is 0.390 e. The largest absolute Gasteiger partial charge is 0.454 e. The van der Waals surface area contributed by atoms with Crippen molar-refractivity contribution in [3.8, 4) is 11.5 Å². The highest BCUT2D eigenvalue weighted by atomic mass is 19.4. The molecule has 118 valence electrons. The predicted octanol–water partition coefficient (Wildman–Crippen LogP) is 2.56. The molecule has 1 aromatic rings. The fourth-order valence-electron chi connectivity index (χ4n) is 2.21. The molecule has 21 heavy (non-hydrogen) atoms. The van der Waals surface area contributed by atoms with Crippen molar-refractivity contribution in [2.24, 2.45) is 0 Å². The van der Waals surface area contributed by atoms with Crippen molar-refractivity contribution >= 4 is 0 Å². The smallest absolute Gasteiger partial charge is 0.390 e. The van der Waals surface area contributed by atoms with Gasteiger partial charge in [-0.3, -0.25) is 0 Å². The second kappa shape index (κ2) is 6.53. The van der Waals surface area contributed by atoms with Gasteiger partial charge < -0.3 is 19.7 Å². The van der Waals surface area contributed by atoms with E-state index in [1.807, 2.05) is 18.2 Å². The summed E-state index contributed by atoms with van der Waals surface area (Å²) in [6.07, 6.45) is -4.93. The van der Waals surface area contributed by atoms with Gasteiger partial charge in [-0.25, -0.2) is 0 Å². The number of nitrogens with one attached hydrogen (secondary N) is 1. The normalized spacial score (nSPS) is 15.5. The Labute approximate surface area is 121 Å². The van der Waals surface area contributed by atoms with Crippen LogP contribution >= 0.6 is 0 Å². The standard InChI is InChI=1S/C14H19F3N2O2/c1-18-11(8-19(2)6-5-14(15,16)17)10-3-4-12-13(7-10)21-9-20-12/h3-4,7,11,18H,5-6,8-9H2,1-2H3. The Kier molecular flexibility index (Phi) is 4.95. The van der Waals surface area contributed by atoms with E-state index in [-0.39, 0.29) is 19.4 Å². The fourth-order valence-corrected chi connectivity index (χ4v) is 2.21. The van der Waals surface area contributed by atoms with Crippen LogP contribution in [0, 0.1) is 0 Å². The molecular weight excluding hydrogens is 285 g/mol. The summed E-state index contributed by atoms with van der Waals surface area (Å²) in [4.78, 5) is 1.67. The van der Waals surface area contributed by atoms with Gasteiger partial charge in [-0.2, -0.15) is 13.2 Å². The molecule has 0 amide bonds. The highest BCUT2D eigenvalue weighted by Gasteiger charge is 2.27. The van der Waals surface area contributed by atoms with Crippen LogP contribution in [0.3, 0.4) is 0 Å². The van der Waals surface area contributed by atoms with E-state index < -0.39 is 12.6 Å². The van der Waals surface area contributed by atoms with Gasteiger partial charge in [0.05, 0.1) is 6.42 Å². The number of nitrogens with zero attached hydrogens (tertiary/aromatic N) is 1. The molecule has 1 aromatic carbocycles. The lowest BCUT2D eigenvalue weighted by molar-refractivity contribution is -0.137. The average Bonchev–Trinajstić information content (AvgIpc) is 2.89. The molecule has 0 fully saturated rings. The van der Waals surface area contributed by atoms with Crippen LogP contribution in [0.1, 0.15) is 18.0 Å². The summed E-state index contributed by atoms with van der Waals surface area (Å²) in [6, 6.07) is 5.50. The van der Waals surface area contributed by atoms with Gasteiger partial charge in [0.2, 0.25) is 6.79 Å². The van der Waals surface area contributed by atoms with Crippen molar-refractivity contribution < 1.29 is 22.6 Å². The topological polar surface area (TPSA) is 33.7 Å². The molecule has 0 saturated heterocycles. The quantitative estimate of drug-likeness (QED) is 0.876. The molecule has 7 heteroatoms. The highest BCUT2D eigenvalue weighted by molar-refractivity contribution is 5.45. The van der Waals surface area contributed by atoms with Crippen LogP contribution in [0.4, 0.5) is 13.2 Å². The molecule has 0 saturated carbocycles. The Morgan fingerprint density at radius 3 is 2.67 bits per heavy atom. The maximum atomic E-state index is 12.2. The summed E-state index contributed by atoms with van der Waals surface area (Å²) in [7, 11) is 3.47. The minimum Gasteiger partial charge on any atom is -0.454 e. The highest BCUT2D eigenvalue weighted by Crippen LogP contribution is 2.34. The molecule has 1 aliphatic rings. The number of benzene rings is 1. The first-order chi connectivity index (χ1) is 9.89. The van der Waals surface area contributed by atoms with Crippen molar-refractivity contribution in [2.75, 3.05) is 34.0 Å². The third-order valence-corrected chi connectivity index (χ3v) is 3.42. The zero-order valence-electron chi connectivity index (χ0n) is 12.0. The van der Waals surface area contributed by atoms with Gasteiger partial charge in [-0.1, -0.05) is 6.07 Å². The molecule has 0 radical (unpaired) electrons. The summed E-state index contributed by atoms with van der Waals surface area (Å²) in [5.74, 6) is 1.37. The van der Waals surface area contributed by atoms with Crippen LogP contribution in [-0.4, -0.2) is 45.1 Å². The average molecular weight is 304 g/mol. The lowest BCUT2D eigenvalue weighted by Gasteiger charge is -2.24. The van der Waals surface area contributed by atoms with Crippen molar-refractivity contribution in [3.05, 3.63) is 23.8 Å². The number of alkyl halides is 3. The van der Waals surface area contributed by atoms with Crippen molar-refractivity contribution in [2.45, 2.75) is 18.6 Å². The predicted molar refractivity (Wildman–Crippen MR) is 72.5 cm³/mol. The third-order valence-electron chi connectivity index (χ3n) is 3.42. The summed E-state index contributed by atoms with van der Waals surface area (Å²) < 4.78 is 47.3. The number of ether oxygens (including phenoxy) is 2. The van der Waals surface area contributed by atoms with E-state index in [0.717, 1.165) is 5.56 Å². The first-order valence-corrected chi connectivity index (χ1v) is 6.71. The van der Waals surface area contributed by atoms with Crippen LogP contribution < -0.4 is 14.8 Å². The summed E-state index contributed by atoms with van der Waals surface area (Å²) in [5, 5.41) is 3.12. The van der Waals surface area contributed by atoms with Gasteiger partial charge in [0, 0.05) is 19.1 Å². The molecule has 0 aliphatic carbocycles. The van der Waals surface area contributed by atoms with Crippen molar-refractivity contribution in [3.63, 3.8) is 0 Å². The van der Waals surface area contributed by atoms with Crippen LogP contribution in [-0.2, 0) is 0 Å². The van der Waals surface area contributed by atoms with Gasteiger partial charge in [-0.15, -0.1) is 0 Å². The molecule has 2 rings (SSSR count). The minimum atomic E-state index is -4.12. The molecule has 4 nitrogen and oxygen atoms in total. The monoisotopic (exact) mass is 304 g/mol. The van der Waals surface area contributed by atoms with E-state index in [1.54, 1.807) is 19.0 Å². The Morgan fingerprint density at radius 2 is 2.00 bits per heavy atom. The van der Waals surface area contributed by atoms with Crippen LogP contribution in [0.5, 0.6) is 11.5 Å². The number of hydrogen-bond acceptors (Lipinski definition) is 4. The van der Waals surface area contributed by atoms with E-state index in [0.29, 0.717) is 18.0 Å². The summed E-state index contributed by atoms with van der Waals surface area (Å²) in [5.41, 5.74) is 0.959. The van der Waals surface area contributed by atoms with Gasteiger partial charge in [0.1, 0.15) is 0 Å². The Balaban J connectivity index is 1.96. The van der Waals surface area contributed by atoms with Crippen molar-refractivity contribution in [1.82, 2.24) is 10.2 Å². The molecule has 1 aliphatic heterocycles. The first kappa shape index (κ1) is 15.9. The number of likely N-dealkylation sites (N-methyl/N-ethyl adjacent to an activating group) is 2. The second-order valence-electron chi connectivity index (χ2n) is 5.08. The van der Waals surface area contributed by atoms with Gasteiger partial charge >= 0.3 is 6.18 Å².